The quantitative estimate of drug-likeness (QED) is 0.548. The highest BCUT2D eigenvalue weighted by atomic mass is 16.7. The molecular formula is C16H27NO4. The minimum absolute atomic E-state index is 0.0252. The van der Waals surface area contributed by atoms with Gasteiger partial charge in [-0.1, -0.05) is 12.2 Å². The second-order valence-electron chi connectivity index (χ2n) is 6.03. The van der Waals surface area contributed by atoms with Gasteiger partial charge in [0.05, 0.1) is 33.0 Å². The molecule has 5 nitrogen and oxygen atoms in total. The third-order valence-electron chi connectivity index (χ3n) is 4.43. The molecule has 0 radical (unpaired) electrons. The zero-order chi connectivity index (χ0) is 14.3. The largest absolute Gasteiger partial charge is 0.379 e. The van der Waals surface area contributed by atoms with Crippen LogP contribution in [-0.4, -0.2) is 70.0 Å². The number of hydrogen-bond donors (Lipinski definition) is 0. The molecule has 1 aliphatic carbocycles. The molecule has 3 rings (SSSR count). The number of allylic oxidation sites excluding steroid dienone is 2. The third kappa shape index (κ3) is 4.76. The number of ether oxygens (including phenoxy) is 4. The van der Waals surface area contributed by atoms with Crippen molar-refractivity contribution in [2.24, 2.45) is 5.92 Å². The predicted octanol–water partition coefficient (Wildman–Crippen LogP) is 1.43. The fraction of sp³-hybridized carbons (Fsp3) is 0.875. The van der Waals surface area contributed by atoms with Gasteiger partial charge >= 0.3 is 0 Å². The lowest BCUT2D eigenvalue weighted by atomic mass is 9.94. The minimum Gasteiger partial charge on any atom is -0.379 e. The molecule has 21 heavy (non-hydrogen) atoms. The Bertz CT molecular complexity index is 330. The van der Waals surface area contributed by atoms with E-state index >= 15 is 0 Å². The van der Waals surface area contributed by atoms with E-state index in [1.807, 2.05) is 0 Å². The van der Waals surface area contributed by atoms with Crippen molar-refractivity contribution in [2.75, 3.05) is 52.7 Å². The van der Waals surface area contributed by atoms with Gasteiger partial charge in [-0.25, -0.2) is 0 Å². The van der Waals surface area contributed by atoms with Crippen LogP contribution >= 0.6 is 0 Å². The van der Waals surface area contributed by atoms with Crippen molar-refractivity contribution in [3.63, 3.8) is 0 Å². The maximum atomic E-state index is 5.98. The first-order chi connectivity index (χ1) is 10.4. The first-order valence-electron chi connectivity index (χ1n) is 8.22. The summed E-state index contributed by atoms with van der Waals surface area (Å²) < 4.78 is 22.9. The number of hydrogen-bond acceptors (Lipinski definition) is 5. The minimum atomic E-state index is -0.0252. The van der Waals surface area contributed by atoms with Gasteiger partial charge < -0.3 is 18.9 Å². The lowest BCUT2D eigenvalue weighted by Crippen LogP contribution is -2.38. The van der Waals surface area contributed by atoms with E-state index in [0.29, 0.717) is 19.1 Å². The molecule has 2 saturated heterocycles. The maximum Gasteiger partial charge on any atom is 0.161 e. The van der Waals surface area contributed by atoms with Gasteiger partial charge in [0.1, 0.15) is 6.10 Å². The predicted molar refractivity (Wildman–Crippen MR) is 79.2 cm³/mol. The molecule has 0 spiro atoms. The van der Waals surface area contributed by atoms with Gasteiger partial charge in [0.25, 0.3) is 0 Å². The van der Waals surface area contributed by atoms with E-state index in [9.17, 15) is 0 Å². The van der Waals surface area contributed by atoms with Gasteiger partial charge in [0.2, 0.25) is 0 Å². The monoisotopic (exact) mass is 297 g/mol. The van der Waals surface area contributed by atoms with Crippen molar-refractivity contribution in [2.45, 2.75) is 31.7 Å². The molecule has 2 fully saturated rings. The zero-order valence-electron chi connectivity index (χ0n) is 12.7. The molecule has 0 aromatic heterocycles. The molecule has 0 aromatic rings. The van der Waals surface area contributed by atoms with E-state index in [1.165, 1.54) is 6.42 Å². The van der Waals surface area contributed by atoms with Crippen LogP contribution in [0.15, 0.2) is 12.2 Å². The first kappa shape index (κ1) is 15.4. The van der Waals surface area contributed by atoms with Gasteiger partial charge in [-0.2, -0.15) is 0 Å². The van der Waals surface area contributed by atoms with Gasteiger partial charge in [-0.3, -0.25) is 4.90 Å². The van der Waals surface area contributed by atoms with E-state index in [4.69, 9.17) is 18.9 Å². The normalized spacial score (nSPS) is 34.4. The zero-order valence-corrected chi connectivity index (χ0v) is 12.7. The van der Waals surface area contributed by atoms with Crippen molar-refractivity contribution in [3.05, 3.63) is 12.2 Å². The first-order valence-corrected chi connectivity index (χ1v) is 8.22. The van der Waals surface area contributed by atoms with Crippen LogP contribution in [0.5, 0.6) is 0 Å². The summed E-state index contributed by atoms with van der Waals surface area (Å²) in [6, 6.07) is 0. The van der Waals surface area contributed by atoms with Crippen LogP contribution in [0.3, 0.4) is 0 Å². The lowest BCUT2D eigenvalue weighted by Gasteiger charge is -2.26. The summed E-state index contributed by atoms with van der Waals surface area (Å²) in [6.45, 7) is 6.78. The topological polar surface area (TPSA) is 40.2 Å². The Morgan fingerprint density at radius 3 is 2.90 bits per heavy atom. The van der Waals surface area contributed by atoms with Crippen LogP contribution in [0.2, 0.25) is 0 Å². The highest BCUT2D eigenvalue weighted by molar-refractivity contribution is 4.91. The van der Waals surface area contributed by atoms with Gasteiger partial charge in [-0.05, 0) is 19.3 Å². The van der Waals surface area contributed by atoms with Gasteiger partial charge in [0, 0.05) is 25.6 Å². The average molecular weight is 297 g/mol. The Hall–Kier alpha value is -0.460. The van der Waals surface area contributed by atoms with Crippen molar-refractivity contribution in [1.29, 1.82) is 0 Å². The Morgan fingerprint density at radius 2 is 2.10 bits per heavy atom. The summed E-state index contributed by atoms with van der Waals surface area (Å²) in [5.41, 5.74) is 0. The van der Waals surface area contributed by atoms with Crippen molar-refractivity contribution >= 4 is 0 Å². The Labute approximate surface area is 127 Å². The molecule has 0 bridgehead atoms. The summed E-state index contributed by atoms with van der Waals surface area (Å²) >= 11 is 0. The molecule has 2 aliphatic heterocycles. The molecule has 0 saturated carbocycles. The van der Waals surface area contributed by atoms with Crippen LogP contribution in [0.25, 0.3) is 0 Å². The fourth-order valence-electron chi connectivity index (χ4n) is 3.10. The van der Waals surface area contributed by atoms with E-state index in [1.54, 1.807) is 0 Å². The summed E-state index contributed by atoms with van der Waals surface area (Å²) in [7, 11) is 0. The van der Waals surface area contributed by atoms with Gasteiger partial charge in [-0.15, -0.1) is 0 Å². The SMILES string of the molecule is C1=CC[C@H]([C@@H]2OC[C@@H](COCCN3CCOCC3)O2)CC1. The molecule has 0 aromatic carbocycles. The average Bonchev–Trinajstić information content (AvgIpc) is 3.02. The molecule has 120 valence electrons. The maximum absolute atomic E-state index is 5.98. The highest BCUT2D eigenvalue weighted by Gasteiger charge is 2.32. The Morgan fingerprint density at radius 1 is 1.19 bits per heavy atom. The van der Waals surface area contributed by atoms with E-state index in [0.717, 1.165) is 52.3 Å². The van der Waals surface area contributed by atoms with Crippen LogP contribution in [0.4, 0.5) is 0 Å². The number of morpholine rings is 1. The van der Waals surface area contributed by atoms with Gasteiger partial charge in [0.15, 0.2) is 6.29 Å². The molecule has 3 atom stereocenters. The smallest absolute Gasteiger partial charge is 0.161 e. The third-order valence-corrected chi connectivity index (χ3v) is 4.43. The van der Waals surface area contributed by atoms with Crippen molar-refractivity contribution < 1.29 is 18.9 Å². The molecule has 0 N–H and O–H groups in total. The summed E-state index contributed by atoms with van der Waals surface area (Å²) in [4.78, 5) is 2.38. The van der Waals surface area contributed by atoms with E-state index in [-0.39, 0.29) is 12.4 Å². The summed E-state index contributed by atoms with van der Waals surface area (Å²) in [5.74, 6) is 0.522. The Balaban J connectivity index is 1.27. The molecule has 5 heteroatoms. The van der Waals surface area contributed by atoms with Crippen LogP contribution in [-0.2, 0) is 18.9 Å². The summed E-state index contributed by atoms with van der Waals surface area (Å²) in [6.07, 6.45) is 7.97. The lowest BCUT2D eigenvalue weighted by molar-refractivity contribution is -0.108. The molecule has 0 amide bonds. The van der Waals surface area contributed by atoms with Crippen molar-refractivity contribution in [3.8, 4) is 0 Å². The molecule has 0 unspecified atom stereocenters. The van der Waals surface area contributed by atoms with Crippen molar-refractivity contribution in [1.82, 2.24) is 4.90 Å². The summed E-state index contributed by atoms with van der Waals surface area (Å²) in [5, 5.41) is 0. The highest BCUT2D eigenvalue weighted by Crippen LogP contribution is 2.28. The number of nitrogens with zero attached hydrogens (tertiary/aromatic N) is 1. The van der Waals surface area contributed by atoms with Crippen LogP contribution < -0.4 is 0 Å². The van der Waals surface area contributed by atoms with E-state index in [2.05, 4.69) is 17.1 Å². The molecule has 3 aliphatic rings. The molecule has 2 heterocycles. The van der Waals surface area contributed by atoms with Crippen LogP contribution in [0.1, 0.15) is 19.3 Å². The molecular weight excluding hydrogens is 270 g/mol. The fourth-order valence-corrected chi connectivity index (χ4v) is 3.10. The second-order valence-corrected chi connectivity index (χ2v) is 6.03. The number of rotatable bonds is 6. The van der Waals surface area contributed by atoms with Crippen LogP contribution in [0, 0.1) is 5.92 Å². The van der Waals surface area contributed by atoms with E-state index < -0.39 is 0 Å². The second kappa shape index (κ2) is 8.25. The standard InChI is InChI=1S/C16H27NO4/c1-2-4-14(5-3-1)16-20-13-15(21-16)12-19-11-8-17-6-9-18-10-7-17/h1-2,14-16H,3-13H2/t14-,15+,16+/m0/s1. The Kier molecular flexibility index (Phi) is 6.06.